The summed E-state index contributed by atoms with van der Waals surface area (Å²) in [5.41, 5.74) is 12.2. The van der Waals surface area contributed by atoms with E-state index in [0.29, 0.717) is 50.2 Å². The van der Waals surface area contributed by atoms with Gasteiger partial charge in [-0.1, -0.05) is 77.3 Å². The number of ether oxygens (including phenoxy) is 5. The van der Waals surface area contributed by atoms with Gasteiger partial charge in [0.05, 0.1) is 18.8 Å². The van der Waals surface area contributed by atoms with Crippen LogP contribution in [-0.4, -0.2) is 79.0 Å². The van der Waals surface area contributed by atoms with Crippen LogP contribution in [0.2, 0.25) is 0 Å². The number of hydrogen-bond acceptors (Lipinski definition) is 10. The molecule has 5 fully saturated rings. The molecule has 0 radical (unpaired) electrons. The van der Waals surface area contributed by atoms with Crippen LogP contribution in [0.15, 0.2) is 40.9 Å². The zero-order chi connectivity index (χ0) is 46.2. The molecule has 1 aromatic rings. The number of guanidine groups is 1. The number of methoxy groups -OCH3 is 1. The molecule has 1 amide bonds. The minimum Gasteiger partial charge on any atom is -0.497 e. The van der Waals surface area contributed by atoms with Gasteiger partial charge >= 0.3 is 17.9 Å². The molecule has 0 aromatic heterocycles. The maximum absolute atomic E-state index is 13.1. The number of esters is 2. The van der Waals surface area contributed by atoms with Crippen molar-refractivity contribution in [3.8, 4) is 5.75 Å². The number of aliphatic carboxylic acids is 1. The van der Waals surface area contributed by atoms with Crippen molar-refractivity contribution < 1.29 is 48.0 Å². The fourth-order valence-corrected chi connectivity index (χ4v) is 13.4. The van der Waals surface area contributed by atoms with E-state index < -0.39 is 23.9 Å². The summed E-state index contributed by atoms with van der Waals surface area (Å²) >= 11 is 0. The predicted octanol–water partition coefficient (Wildman–Crippen LogP) is 8.20. The van der Waals surface area contributed by atoms with Crippen molar-refractivity contribution in [3.63, 3.8) is 0 Å². The number of aliphatic imine (C=N–C) groups is 1. The molecule has 14 nitrogen and oxygen atoms in total. The molecule has 1 unspecified atom stereocenters. The van der Waals surface area contributed by atoms with Crippen molar-refractivity contribution in [3.05, 3.63) is 41.5 Å². The van der Waals surface area contributed by atoms with Crippen LogP contribution in [0.1, 0.15) is 167 Å². The summed E-state index contributed by atoms with van der Waals surface area (Å²) in [7, 11) is 1.67. The number of nitrogens with two attached hydrogens (primary N) is 2. The van der Waals surface area contributed by atoms with Crippen LogP contribution in [0, 0.1) is 34.5 Å². The summed E-state index contributed by atoms with van der Waals surface area (Å²) in [4.78, 5) is 53.1. The number of benzene rings is 1. The second-order valence-electron chi connectivity index (χ2n) is 20.6. The molecular formula is C51H76N4O10. The lowest BCUT2D eigenvalue weighted by Crippen LogP contribution is -2.63. The Morgan fingerprint density at radius 2 is 1.58 bits per heavy atom. The highest BCUT2D eigenvalue weighted by Gasteiger charge is 2.74. The van der Waals surface area contributed by atoms with Crippen molar-refractivity contribution in [2.45, 2.75) is 185 Å². The van der Waals surface area contributed by atoms with Crippen LogP contribution in [0.5, 0.6) is 5.75 Å². The first kappa shape index (κ1) is 48.8. The molecule has 1 aromatic carbocycles. The monoisotopic (exact) mass is 905 g/mol. The summed E-state index contributed by atoms with van der Waals surface area (Å²) in [6.07, 6.45) is 21.0. The minimum absolute atomic E-state index is 0.0149. The van der Waals surface area contributed by atoms with Gasteiger partial charge in [0.1, 0.15) is 24.5 Å². The highest BCUT2D eigenvalue weighted by Crippen LogP contribution is 2.73. The molecule has 2 heterocycles. The number of rotatable bonds is 23. The highest BCUT2D eigenvalue weighted by molar-refractivity contribution is 5.85. The van der Waals surface area contributed by atoms with Crippen molar-refractivity contribution in [2.75, 3.05) is 20.3 Å². The first-order valence-electron chi connectivity index (χ1n) is 24.9. The second kappa shape index (κ2) is 21.6. The van der Waals surface area contributed by atoms with E-state index in [1.165, 1.54) is 0 Å². The number of carboxylic acids is 1. The van der Waals surface area contributed by atoms with Gasteiger partial charge in [0, 0.05) is 48.8 Å². The maximum Gasteiger partial charge on any atom is 0.331 e. The summed E-state index contributed by atoms with van der Waals surface area (Å²) < 4.78 is 31.4. The SMILES string of the molecule is COc1ccc(C2O[C@H]3C[C@]4(O2)[C@@H]2CC[C@@H]5C[C@@H](OC(=O)CCCCCCCCCCCCC(=O)N[C@@H](CCCN=C(N)N)C(=O)O)CC[C@]5(C)[C@H]2CC[C@]4(C)[C@H]3C2=CC(=O)OC2)cc1. The van der Waals surface area contributed by atoms with Gasteiger partial charge in [-0.2, -0.15) is 0 Å². The van der Waals surface area contributed by atoms with E-state index in [-0.39, 0.29) is 59.2 Å². The Labute approximate surface area is 385 Å². The van der Waals surface area contributed by atoms with Gasteiger partial charge < -0.3 is 45.6 Å². The average molecular weight is 905 g/mol. The molecule has 6 N–H and O–H groups in total. The van der Waals surface area contributed by atoms with Gasteiger partial charge in [0.25, 0.3) is 0 Å². The smallest absolute Gasteiger partial charge is 0.331 e. The molecule has 2 bridgehead atoms. The van der Waals surface area contributed by atoms with E-state index in [1.807, 2.05) is 24.3 Å². The summed E-state index contributed by atoms with van der Waals surface area (Å²) in [5.74, 6) is 0.580. The normalized spacial score (nSPS) is 32.8. The van der Waals surface area contributed by atoms with E-state index in [0.717, 1.165) is 132 Å². The number of carboxylic acid groups (broad SMARTS) is 1. The zero-order valence-corrected chi connectivity index (χ0v) is 39.2. The molecule has 14 heteroatoms. The van der Waals surface area contributed by atoms with E-state index in [1.54, 1.807) is 13.2 Å². The molecule has 1 saturated heterocycles. The molecule has 65 heavy (non-hydrogen) atoms. The fraction of sp³-hybridized carbons (Fsp3) is 0.745. The van der Waals surface area contributed by atoms with Crippen LogP contribution in [0.25, 0.3) is 0 Å². The lowest BCUT2D eigenvalue weighted by Gasteiger charge is -2.65. The first-order valence-corrected chi connectivity index (χ1v) is 24.9. The lowest BCUT2D eigenvalue weighted by atomic mass is 9.43. The van der Waals surface area contributed by atoms with Gasteiger partial charge in [-0.3, -0.25) is 14.6 Å². The van der Waals surface area contributed by atoms with Gasteiger partial charge in [0.15, 0.2) is 12.2 Å². The summed E-state index contributed by atoms with van der Waals surface area (Å²) in [6, 6.07) is 7.10. The van der Waals surface area contributed by atoms with Crippen LogP contribution in [-0.2, 0) is 38.1 Å². The predicted molar refractivity (Wildman–Crippen MR) is 245 cm³/mol. The number of amides is 1. The van der Waals surface area contributed by atoms with E-state index in [9.17, 15) is 24.3 Å². The van der Waals surface area contributed by atoms with E-state index >= 15 is 0 Å². The number of nitrogens with zero attached hydrogens (tertiary/aromatic N) is 1. The number of unbranched alkanes of at least 4 members (excludes halogenated alkanes) is 9. The Morgan fingerprint density at radius 3 is 2.23 bits per heavy atom. The Morgan fingerprint density at radius 1 is 0.892 bits per heavy atom. The first-order chi connectivity index (χ1) is 31.3. The molecule has 11 atom stereocenters. The van der Waals surface area contributed by atoms with Crippen molar-refractivity contribution >= 4 is 29.8 Å². The third-order valence-corrected chi connectivity index (χ3v) is 16.7. The number of carbonyl (C=O) groups excluding carboxylic acids is 3. The highest BCUT2D eigenvalue weighted by atomic mass is 16.7. The largest absolute Gasteiger partial charge is 0.497 e. The second-order valence-corrected chi connectivity index (χ2v) is 20.6. The maximum atomic E-state index is 13.1. The standard InChI is InChI=1S/C51H76N4O10/c1-49-26-24-37(63-43(57)17-13-11-9-7-5-4-6-8-10-12-16-42(56)55-40(46(59)60)15-14-28-54-48(52)53)30-35(49)20-23-39-38(49)25-27-50(2)45(34-29-44(58)62-32-34)41-31-51(39,50)65-47(64-41)33-18-21-36(61-3)22-19-33/h18-19,21-22,29,35,37-41,45,47H,4-17,20,23-28,30-32H2,1-3H3,(H,55,56)(H,59,60)(H4,52,53,54)/t35-,37+,38+,39-,40+,41+,45+,47?,49+,50-,51+/m1/s1. The number of fused-ring (bicyclic) bond motifs is 4. The van der Waals surface area contributed by atoms with Gasteiger partial charge in [-0.25, -0.2) is 9.59 Å². The molecule has 7 rings (SSSR count). The molecule has 1 spiro atoms. The third kappa shape index (κ3) is 11.0. The van der Waals surface area contributed by atoms with Crippen LogP contribution in [0.3, 0.4) is 0 Å². The summed E-state index contributed by atoms with van der Waals surface area (Å²) in [6.45, 7) is 5.59. The Bertz CT molecular complexity index is 1890. The Hall–Kier alpha value is -4.17. The molecule has 2 aliphatic heterocycles. The number of carbonyl (C=O) groups is 4. The van der Waals surface area contributed by atoms with Crippen LogP contribution < -0.4 is 21.5 Å². The van der Waals surface area contributed by atoms with E-state index in [4.69, 9.17) is 35.2 Å². The lowest BCUT2D eigenvalue weighted by molar-refractivity contribution is -0.319. The average Bonchev–Trinajstić information content (AvgIpc) is 3.78. The Kier molecular flexibility index (Phi) is 16.2. The molecule has 4 aliphatic carbocycles. The third-order valence-electron chi connectivity index (χ3n) is 16.7. The molecule has 360 valence electrons. The summed E-state index contributed by atoms with van der Waals surface area (Å²) in [5, 5.41) is 12.0. The van der Waals surface area contributed by atoms with Crippen molar-refractivity contribution in [1.82, 2.24) is 5.32 Å². The van der Waals surface area contributed by atoms with Crippen LogP contribution >= 0.6 is 0 Å². The number of nitrogens with one attached hydrogen (secondary N) is 1. The molecule has 6 aliphatic rings. The van der Waals surface area contributed by atoms with Crippen molar-refractivity contribution in [1.29, 1.82) is 0 Å². The Balaban J connectivity index is 0.804. The van der Waals surface area contributed by atoms with Gasteiger partial charge in [-0.05, 0) is 112 Å². The molecular weight excluding hydrogens is 829 g/mol. The van der Waals surface area contributed by atoms with Crippen LogP contribution in [0.4, 0.5) is 0 Å². The number of hydrogen-bond donors (Lipinski definition) is 4. The fourth-order valence-electron chi connectivity index (χ4n) is 13.4. The van der Waals surface area contributed by atoms with Gasteiger partial charge in [-0.15, -0.1) is 0 Å². The quantitative estimate of drug-likeness (QED) is 0.0354. The van der Waals surface area contributed by atoms with E-state index in [2.05, 4.69) is 24.2 Å². The van der Waals surface area contributed by atoms with Crippen molar-refractivity contribution in [2.24, 2.45) is 51.0 Å². The minimum atomic E-state index is -1.05. The van der Waals surface area contributed by atoms with Gasteiger partial charge in [0.2, 0.25) is 5.91 Å². The molecule has 4 saturated carbocycles. The topological polar surface area (TPSA) is 211 Å². The number of cyclic esters (lactones) is 1. The zero-order valence-electron chi connectivity index (χ0n) is 39.2.